The zero-order valence-corrected chi connectivity index (χ0v) is 17.9. The molecule has 1 saturated heterocycles. The topological polar surface area (TPSA) is 69.8 Å². The van der Waals surface area contributed by atoms with Crippen LogP contribution in [0.15, 0.2) is 30.5 Å². The molecule has 7 heteroatoms. The molecule has 0 spiro atoms. The summed E-state index contributed by atoms with van der Waals surface area (Å²) in [4.78, 5) is 4.51. The molecule has 3 rings (SSSR count). The highest BCUT2D eigenvalue weighted by atomic mass is 16.7. The van der Waals surface area contributed by atoms with Crippen molar-refractivity contribution in [2.75, 3.05) is 12.1 Å². The zero-order valence-electron chi connectivity index (χ0n) is 17.9. The summed E-state index contributed by atoms with van der Waals surface area (Å²) in [5, 5.41) is 1.60. The van der Waals surface area contributed by atoms with Gasteiger partial charge in [-0.1, -0.05) is 18.2 Å². The highest BCUT2D eigenvalue weighted by Crippen LogP contribution is 2.36. The van der Waals surface area contributed by atoms with Crippen LogP contribution in [0.2, 0.25) is 0 Å². The van der Waals surface area contributed by atoms with Crippen molar-refractivity contribution in [3.05, 3.63) is 47.2 Å². The molecule has 6 nitrogen and oxygen atoms in total. The van der Waals surface area contributed by atoms with E-state index in [0.717, 1.165) is 27.8 Å². The Kier molecular flexibility index (Phi) is 5.45. The SMILES string of the molecule is Cc1cc(B2OC(C)(C)C(C)(C)O2)cnc1OCc1c(C)cccc1N(C)N. The Bertz CT molecular complexity index is 852. The predicted octanol–water partition coefficient (Wildman–Crippen LogP) is 2.89. The van der Waals surface area contributed by atoms with Crippen molar-refractivity contribution in [1.82, 2.24) is 4.98 Å². The van der Waals surface area contributed by atoms with E-state index >= 15 is 0 Å². The van der Waals surface area contributed by atoms with E-state index in [0.29, 0.717) is 12.5 Å². The van der Waals surface area contributed by atoms with E-state index in [9.17, 15) is 0 Å². The normalized spacial score (nSPS) is 17.6. The summed E-state index contributed by atoms with van der Waals surface area (Å²) in [6.07, 6.45) is 1.76. The fourth-order valence-electron chi connectivity index (χ4n) is 3.19. The number of pyridine rings is 1. The van der Waals surface area contributed by atoms with Crippen LogP contribution in [0.4, 0.5) is 5.69 Å². The van der Waals surface area contributed by atoms with Gasteiger partial charge < -0.3 is 19.1 Å². The minimum atomic E-state index is -0.431. The van der Waals surface area contributed by atoms with Gasteiger partial charge in [0.2, 0.25) is 5.88 Å². The Morgan fingerprint density at radius 2 is 1.75 bits per heavy atom. The van der Waals surface area contributed by atoms with Crippen LogP contribution in [0, 0.1) is 13.8 Å². The third-order valence-corrected chi connectivity index (χ3v) is 5.70. The van der Waals surface area contributed by atoms with Gasteiger partial charge in [0.1, 0.15) is 6.61 Å². The third-order valence-electron chi connectivity index (χ3n) is 5.70. The van der Waals surface area contributed by atoms with Gasteiger partial charge in [-0.25, -0.2) is 10.8 Å². The average Bonchev–Trinajstić information content (AvgIpc) is 2.82. The molecule has 2 heterocycles. The van der Waals surface area contributed by atoms with Crippen LogP contribution in [-0.4, -0.2) is 30.4 Å². The summed E-state index contributed by atoms with van der Waals surface area (Å²) in [6.45, 7) is 12.6. The van der Waals surface area contributed by atoms with E-state index < -0.39 is 7.12 Å². The van der Waals surface area contributed by atoms with E-state index in [4.69, 9.17) is 19.9 Å². The number of hydrogen-bond acceptors (Lipinski definition) is 6. The first-order chi connectivity index (χ1) is 13.0. The van der Waals surface area contributed by atoms with E-state index in [1.165, 1.54) is 0 Å². The quantitative estimate of drug-likeness (QED) is 0.487. The van der Waals surface area contributed by atoms with E-state index in [1.807, 2.05) is 72.9 Å². The smallest absolute Gasteiger partial charge is 0.473 e. The van der Waals surface area contributed by atoms with Crippen LogP contribution in [0.25, 0.3) is 0 Å². The van der Waals surface area contributed by atoms with Crippen LogP contribution in [0.1, 0.15) is 44.4 Å². The zero-order chi connectivity index (χ0) is 20.7. The molecule has 1 aromatic carbocycles. The van der Waals surface area contributed by atoms with Gasteiger partial charge >= 0.3 is 7.12 Å². The van der Waals surface area contributed by atoms with Gasteiger partial charge in [0, 0.05) is 29.8 Å². The third kappa shape index (κ3) is 3.88. The highest BCUT2D eigenvalue weighted by Gasteiger charge is 2.51. The second-order valence-corrected chi connectivity index (χ2v) is 8.45. The summed E-state index contributed by atoms with van der Waals surface area (Å²) >= 11 is 0. The van der Waals surface area contributed by atoms with Crippen LogP contribution in [0.5, 0.6) is 5.88 Å². The van der Waals surface area contributed by atoms with Crippen LogP contribution in [-0.2, 0) is 15.9 Å². The minimum Gasteiger partial charge on any atom is -0.473 e. The molecule has 0 bridgehead atoms. The van der Waals surface area contributed by atoms with Crippen molar-refractivity contribution in [2.24, 2.45) is 5.84 Å². The van der Waals surface area contributed by atoms with Crippen LogP contribution in [0.3, 0.4) is 0 Å². The van der Waals surface area contributed by atoms with Crippen LogP contribution < -0.4 is 21.1 Å². The fraction of sp³-hybridized carbons (Fsp3) is 0.476. The van der Waals surface area contributed by atoms with Crippen LogP contribution >= 0.6 is 0 Å². The van der Waals surface area contributed by atoms with Crippen molar-refractivity contribution in [2.45, 2.75) is 59.4 Å². The lowest BCUT2D eigenvalue weighted by atomic mass is 9.80. The number of aromatic nitrogens is 1. The summed E-state index contributed by atoms with van der Waals surface area (Å²) in [6, 6.07) is 8.03. The standard InChI is InChI=1S/C21H30BN3O3/c1-14-9-8-10-18(25(7)23)17(14)13-26-19-15(2)11-16(12-24-19)22-27-20(3,4)21(5,6)28-22/h8-12H,13,23H2,1-7H3. The second-order valence-electron chi connectivity index (χ2n) is 8.45. The Morgan fingerprint density at radius 3 is 2.32 bits per heavy atom. The second kappa shape index (κ2) is 7.39. The predicted molar refractivity (Wildman–Crippen MR) is 113 cm³/mol. The summed E-state index contributed by atoms with van der Waals surface area (Å²) < 4.78 is 18.2. The first-order valence-corrected chi connectivity index (χ1v) is 9.54. The lowest BCUT2D eigenvalue weighted by Crippen LogP contribution is -2.41. The van der Waals surface area contributed by atoms with Gasteiger partial charge in [-0.15, -0.1) is 0 Å². The van der Waals surface area contributed by atoms with E-state index in [2.05, 4.69) is 4.98 Å². The molecular formula is C21H30BN3O3. The largest absolute Gasteiger partial charge is 0.496 e. The molecule has 150 valence electrons. The molecule has 2 N–H and O–H groups in total. The average molecular weight is 383 g/mol. The fourth-order valence-corrected chi connectivity index (χ4v) is 3.19. The number of benzene rings is 1. The number of anilines is 1. The monoisotopic (exact) mass is 383 g/mol. The lowest BCUT2D eigenvalue weighted by molar-refractivity contribution is 0.00578. The molecule has 0 aliphatic carbocycles. The molecule has 28 heavy (non-hydrogen) atoms. The van der Waals surface area contributed by atoms with Gasteiger partial charge in [0.25, 0.3) is 0 Å². The number of aryl methyl sites for hydroxylation is 2. The Labute approximate surface area is 168 Å². The summed E-state index contributed by atoms with van der Waals surface area (Å²) in [5.74, 6) is 6.54. The molecule has 1 fully saturated rings. The molecule has 0 saturated carbocycles. The van der Waals surface area contributed by atoms with Crippen molar-refractivity contribution in [1.29, 1.82) is 0 Å². The maximum atomic E-state index is 6.11. The minimum absolute atomic E-state index is 0.379. The summed E-state index contributed by atoms with van der Waals surface area (Å²) in [5.41, 5.74) is 4.17. The Morgan fingerprint density at radius 1 is 1.11 bits per heavy atom. The van der Waals surface area contributed by atoms with Gasteiger partial charge in [0.05, 0.1) is 16.9 Å². The molecule has 0 radical (unpaired) electrons. The molecule has 2 aromatic rings. The van der Waals surface area contributed by atoms with Gasteiger partial charge in [-0.3, -0.25) is 0 Å². The number of ether oxygens (including phenoxy) is 1. The van der Waals surface area contributed by atoms with Crippen molar-refractivity contribution >= 4 is 18.3 Å². The summed E-state index contributed by atoms with van der Waals surface area (Å²) in [7, 11) is 1.39. The number of hydrazine groups is 1. The molecule has 0 atom stereocenters. The van der Waals surface area contributed by atoms with Crippen molar-refractivity contribution < 1.29 is 14.0 Å². The first kappa shape index (κ1) is 20.6. The number of nitrogens with two attached hydrogens (primary N) is 1. The van der Waals surface area contributed by atoms with Gasteiger partial charge in [-0.2, -0.15) is 0 Å². The van der Waals surface area contributed by atoms with Crippen molar-refractivity contribution in [3.63, 3.8) is 0 Å². The maximum absolute atomic E-state index is 6.11. The molecule has 1 aromatic heterocycles. The number of hydrogen-bond donors (Lipinski definition) is 1. The van der Waals surface area contributed by atoms with E-state index in [1.54, 1.807) is 11.2 Å². The Hall–Kier alpha value is -2.09. The van der Waals surface area contributed by atoms with E-state index in [-0.39, 0.29) is 11.2 Å². The maximum Gasteiger partial charge on any atom is 0.496 e. The molecule has 0 unspecified atom stereocenters. The molecule has 1 aliphatic rings. The molecule has 1 aliphatic heterocycles. The van der Waals surface area contributed by atoms with Gasteiger partial charge in [-0.05, 0) is 53.2 Å². The molecule has 0 amide bonds. The van der Waals surface area contributed by atoms with Crippen molar-refractivity contribution in [3.8, 4) is 5.88 Å². The number of nitrogens with zero attached hydrogens (tertiary/aromatic N) is 2. The van der Waals surface area contributed by atoms with Gasteiger partial charge in [0.15, 0.2) is 0 Å². The molecular weight excluding hydrogens is 353 g/mol. The lowest BCUT2D eigenvalue weighted by Gasteiger charge is -2.32. The number of rotatable bonds is 5. The highest BCUT2D eigenvalue weighted by molar-refractivity contribution is 6.62. The Balaban J connectivity index is 1.76. The first-order valence-electron chi connectivity index (χ1n) is 9.54.